The van der Waals surface area contributed by atoms with Crippen molar-refractivity contribution in [3.63, 3.8) is 0 Å². The third-order valence-electron chi connectivity index (χ3n) is 3.90. The SMILES string of the molecule is CC(C)(C)Oc1cccc2ccc3ccc[n+](C(C)(C)C)c3c12. The van der Waals surface area contributed by atoms with E-state index in [1.807, 2.05) is 0 Å². The smallest absolute Gasteiger partial charge is 0.224 e. The second-order valence-corrected chi connectivity index (χ2v) is 8.12. The summed E-state index contributed by atoms with van der Waals surface area (Å²) in [6.07, 6.45) is 2.16. The molecule has 0 unspecified atom stereocenters. The van der Waals surface area contributed by atoms with Gasteiger partial charge in [-0.3, -0.25) is 0 Å². The lowest BCUT2D eigenvalue weighted by atomic mass is 10.0. The van der Waals surface area contributed by atoms with E-state index in [4.69, 9.17) is 4.74 Å². The molecule has 0 fully saturated rings. The molecule has 0 radical (unpaired) electrons. The molecule has 0 saturated heterocycles. The molecule has 3 aromatic rings. The first-order valence-corrected chi connectivity index (χ1v) is 8.22. The van der Waals surface area contributed by atoms with E-state index in [-0.39, 0.29) is 11.1 Å². The number of aromatic nitrogens is 1. The lowest BCUT2D eigenvalue weighted by Gasteiger charge is -2.23. The number of ether oxygens (including phenoxy) is 1. The van der Waals surface area contributed by atoms with E-state index in [1.165, 1.54) is 21.7 Å². The Bertz CT molecular complexity index is 867. The van der Waals surface area contributed by atoms with Crippen LogP contribution in [0.15, 0.2) is 48.7 Å². The van der Waals surface area contributed by atoms with Gasteiger partial charge in [0, 0.05) is 32.2 Å². The van der Waals surface area contributed by atoms with Crippen LogP contribution in [0.1, 0.15) is 41.5 Å². The van der Waals surface area contributed by atoms with E-state index < -0.39 is 0 Å². The highest BCUT2D eigenvalue weighted by Gasteiger charge is 2.27. The second kappa shape index (κ2) is 5.23. The summed E-state index contributed by atoms with van der Waals surface area (Å²) < 4.78 is 8.62. The molecule has 0 amide bonds. The van der Waals surface area contributed by atoms with Gasteiger partial charge >= 0.3 is 0 Å². The fourth-order valence-electron chi connectivity index (χ4n) is 3.02. The molecule has 0 N–H and O–H groups in total. The van der Waals surface area contributed by atoms with Crippen LogP contribution < -0.4 is 9.30 Å². The molecule has 0 aliphatic carbocycles. The molecule has 0 bridgehead atoms. The van der Waals surface area contributed by atoms with Crippen molar-refractivity contribution in [1.82, 2.24) is 0 Å². The molecular weight excluding hydrogens is 282 g/mol. The van der Waals surface area contributed by atoms with Gasteiger partial charge in [0.15, 0.2) is 11.7 Å². The van der Waals surface area contributed by atoms with Crippen molar-refractivity contribution in [1.29, 1.82) is 0 Å². The molecule has 0 aliphatic heterocycles. The maximum absolute atomic E-state index is 6.28. The summed E-state index contributed by atoms with van der Waals surface area (Å²) in [6.45, 7) is 13.0. The summed E-state index contributed by atoms with van der Waals surface area (Å²) in [5.74, 6) is 0.949. The topological polar surface area (TPSA) is 13.1 Å². The maximum Gasteiger partial charge on any atom is 0.224 e. The maximum atomic E-state index is 6.28. The molecule has 2 aromatic carbocycles. The summed E-state index contributed by atoms with van der Waals surface area (Å²) in [5.41, 5.74) is 1.01. The van der Waals surface area contributed by atoms with Crippen molar-refractivity contribution < 1.29 is 9.30 Å². The Morgan fingerprint density at radius 3 is 2.09 bits per heavy atom. The molecule has 23 heavy (non-hydrogen) atoms. The third kappa shape index (κ3) is 3.03. The molecular formula is C21H26NO+. The van der Waals surface area contributed by atoms with E-state index >= 15 is 0 Å². The molecule has 3 rings (SSSR count). The molecule has 0 atom stereocenters. The molecule has 0 spiro atoms. The van der Waals surface area contributed by atoms with Crippen molar-refractivity contribution in [2.45, 2.75) is 52.7 Å². The van der Waals surface area contributed by atoms with Crippen molar-refractivity contribution in [3.05, 3.63) is 48.7 Å². The molecule has 0 saturated carbocycles. The standard InChI is InChI=1S/C21H26NO/c1-20(2,3)22-14-8-10-16-13-12-15-9-7-11-17(18(15)19(16)22)23-21(4,5)6/h7-14H,1-6H3/q+1. The minimum atomic E-state index is -0.224. The van der Waals surface area contributed by atoms with E-state index in [2.05, 4.69) is 94.8 Å². The average molecular weight is 308 g/mol. The highest BCUT2D eigenvalue weighted by molar-refractivity contribution is 6.06. The normalized spacial score (nSPS) is 12.8. The first kappa shape index (κ1) is 15.8. The van der Waals surface area contributed by atoms with Gasteiger partial charge in [0.05, 0.1) is 5.39 Å². The minimum absolute atomic E-state index is 0.00262. The summed E-state index contributed by atoms with van der Waals surface area (Å²) in [7, 11) is 0. The lowest BCUT2D eigenvalue weighted by Crippen LogP contribution is -2.50. The third-order valence-corrected chi connectivity index (χ3v) is 3.90. The minimum Gasteiger partial charge on any atom is -0.487 e. The number of fused-ring (bicyclic) bond motifs is 3. The molecule has 1 heterocycles. The van der Waals surface area contributed by atoms with Gasteiger partial charge in [0.1, 0.15) is 11.4 Å². The summed E-state index contributed by atoms with van der Waals surface area (Å²) in [4.78, 5) is 0. The van der Waals surface area contributed by atoms with Crippen LogP contribution in [0.5, 0.6) is 5.75 Å². The number of hydrogen-bond acceptors (Lipinski definition) is 1. The quantitative estimate of drug-likeness (QED) is 0.444. The van der Waals surface area contributed by atoms with Gasteiger partial charge in [-0.1, -0.05) is 18.2 Å². The molecule has 120 valence electrons. The largest absolute Gasteiger partial charge is 0.487 e. The van der Waals surface area contributed by atoms with Gasteiger partial charge in [-0.2, -0.15) is 4.57 Å². The summed E-state index contributed by atoms with van der Waals surface area (Å²) >= 11 is 0. The Hall–Kier alpha value is -2.09. The van der Waals surface area contributed by atoms with Crippen molar-refractivity contribution in [2.75, 3.05) is 0 Å². The number of benzene rings is 2. The van der Waals surface area contributed by atoms with Gasteiger partial charge in [-0.05, 0) is 44.4 Å². The highest BCUT2D eigenvalue weighted by atomic mass is 16.5. The molecule has 1 aromatic heterocycles. The zero-order chi connectivity index (χ0) is 16.8. The lowest BCUT2D eigenvalue weighted by molar-refractivity contribution is -0.730. The first-order chi connectivity index (χ1) is 10.7. The van der Waals surface area contributed by atoms with Crippen LogP contribution in [0.2, 0.25) is 0 Å². The van der Waals surface area contributed by atoms with Gasteiger partial charge in [0.2, 0.25) is 5.52 Å². The van der Waals surface area contributed by atoms with Crippen LogP contribution in [-0.4, -0.2) is 5.60 Å². The van der Waals surface area contributed by atoms with Crippen molar-refractivity contribution >= 4 is 21.7 Å². The highest BCUT2D eigenvalue weighted by Crippen LogP contribution is 2.33. The zero-order valence-electron chi connectivity index (χ0n) is 15.0. The van der Waals surface area contributed by atoms with Gasteiger partial charge < -0.3 is 4.74 Å². The van der Waals surface area contributed by atoms with Gasteiger partial charge in [-0.25, -0.2) is 0 Å². The van der Waals surface area contributed by atoms with Gasteiger partial charge in [-0.15, -0.1) is 0 Å². The van der Waals surface area contributed by atoms with E-state index in [1.54, 1.807) is 0 Å². The van der Waals surface area contributed by atoms with Crippen molar-refractivity contribution in [2.24, 2.45) is 0 Å². The van der Waals surface area contributed by atoms with Crippen LogP contribution in [0, 0.1) is 0 Å². The van der Waals surface area contributed by atoms with Gasteiger partial charge in [0.25, 0.3) is 0 Å². The Morgan fingerprint density at radius 2 is 1.43 bits per heavy atom. The predicted molar refractivity (Wildman–Crippen MR) is 97.0 cm³/mol. The van der Waals surface area contributed by atoms with Crippen molar-refractivity contribution in [3.8, 4) is 5.75 Å². The zero-order valence-corrected chi connectivity index (χ0v) is 15.0. The van der Waals surface area contributed by atoms with Crippen LogP contribution in [0.25, 0.3) is 21.7 Å². The number of rotatable bonds is 1. The molecule has 2 nitrogen and oxygen atoms in total. The Kier molecular flexibility index (Phi) is 3.59. The fourth-order valence-corrected chi connectivity index (χ4v) is 3.02. The summed E-state index contributed by atoms with van der Waals surface area (Å²) in [6, 6.07) is 15.0. The van der Waals surface area contributed by atoms with Crippen LogP contribution in [-0.2, 0) is 5.54 Å². The van der Waals surface area contributed by atoms with E-state index in [0.29, 0.717) is 0 Å². The summed E-state index contributed by atoms with van der Waals surface area (Å²) in [5, 5.41) is 3.64. The molecule has 0 aliphatic rings. The predicted octanol–water partition coefficient (Wildman–Crippen LogP) is 5.21. The average Bonchev–Trinajstić information content (AvgIpc) is 2.43. The number of pyridine rings is 1. The molecule has 2 heteroatoms. The first-order valence-electron chi connectivity index (χ1n) is 8.22. The van der Waals surface area contributed by atoms with E-state index in [9.17, 15) is 0 Å². The number of nitrogens with zero attached hydrogens (tertiary/aromatic N) is 1. The van der Waals surface area contributed by atoms with Crippen LogP contribution in [0.4, 0.5) is 0 Å². The van der Waals surface area contributed by atoms with Crippen LogP contribution in [0.3, 0.4) is 0 Å². The van der Waals surface area contributed by atoms with E-state index in [0.717, 1.165) is 5.75 Å². The number of hydrogen-bond donors (Lipinski definition) is 0. The Labute approximate surface area is 138 Å². The monoisotopic (exact) mass is 308 g/mol. The van der Waals surface area contributed by atoms with Crippen LogP contribution >= 0.6 is 0 Å². The Balaban J connectivity index is 2.46. The Morgan fingerprint density at radius 1 is 0.783 bits per heavy atom. The fraction of sp³-hybridized carbons (Fsp3) is 0.381. The second-order valence-electron chi connectivity index (χ2n) is 8.12.